The summed E-state index contributed by atoms with van der Waals surface area (Å²) >= 11 is 0. The van der Waals surface area contributed by atoms with Crippen molar-refractivity contribution in [3.63, 3.8) is 0 Å². The highest BCUT2D eigenvalue weighted by Gasteiger charge is 2.29. The van der Waals surface area contributed by atoms with E-state index in [4.69, 9.17) is 4.42 Å². The number of benzene rings is 1. The van der Waals surface area contributed by atoms with Crippen molar-refractivity contribution in [2.24, 2.45) is 13.0 Å². The first-order valence-electron chi connectivity index (χ1n) is 10.1. The molecule has 1 unspecified atom stereocenters. The molecule has 0 spiro atoms. The van der Waals surface area contributed by atoms with Gasteiger partial charge in [0.15, 0.2) is 5.58 Å². The molecule has 3 rings (SSSR count). The van der Waals surface area contributed by atoms with Gasteiger partial charge in [0, 0.05) is 19.2 Å². The minimum Gasteiger partial charge on any atom is -0.408 e. The largest absolute Gasteiger partial charge is 0.419 e. The Morgan fingerprint density at radius 3 is 2.59 bits per heavy atom. The van der Waals surface area contributed by atoms with Gasteiger partial charge in [0.05, 0.1) is 10.4 Å². The number of sulfonamides is 1. The van der Waals surface area contributed by atoms with Gasteiger partial charge in [-0.25, -0.2) is 13.2 Å². The van der Waals surface area contributed by atoms with E-state index in [1.807, 2.05) is 13.8 Å². The second kappa shape index (κ2) is 8.71. The number of hydrogen-bond acceptors (Lipinski definition) is 5. The summed E-state index contributed by atoms with van der Waals surface area (Å²) in [5.74, 6) is -0.719. The number of nitrogens with one attached hydrogen (secondary N) is 2. The maximum atomic E-state index is 12.9. The van der Waals surface area contributed by atoms with Crippen LogP contribution in [0.5, 0.6) is 0 Å². The number of hydrogen-bond donors (Lipinski definition) is 2. The van der Waals surface area contributed by atoms with Crippen molar-refractivity contribution in [1.29, 1.82) is 0 Å². The second-order valence-electron chi connectivity index (χ2n) is 8.20. The lowest BCUT2D eigenvalue weighted by Crippen LogP contribution is -2.50. The number of amides is 1. The van der Waals surface area contributed by atoms with Gasteiger partial charge in [-0.1, -0.05) is 33.1 Å². The summed E-state index contributed by atoms with van der Waals surface area (Å²) < 4.78 is 34.8. The van der Waals surface area contributed by atoms with E-state index in [2.05, 4.69) is 10.0 Å². The van der Waals surface area contributed by atoms with E-state index in [0.717, 1.165) is 25.7 Å². The third-order valence-electron chi connectivity index (χ3n) is 5.35. The average Bonchev–Trinajstić information content (AvgIpc) is 2.95. The van der Waals surface area contributed by atoms with Crippen LogP contribution in [0.4, 0.5) is 0 Å². The Kier molecular flexibility index (Phi) is 6.48. The lowest BCUT2D eigenvalue weighted by molar-refractivity contribution is -0.124. The number of carbonyl (C=O) groups excluding carboxylic acids is 1. The van der Waals surface area contributed by atoms with E-state index in [-0.39, 0.29) is 28.3 Å². The van der Waals surface area contributed by atoms with Crippen molar-refractivity contribution < 1.29 is 17.6 Å². The second-order valence-corrected chi connectivity index (χ2v) is 9.92. The summed E-state index contributed by atoms with van der Waals surface area (Å²) in [4.78, 5) is 24.4. The molecular weight excluding hydrogens is 394 g/mol. The molecule has 9 heteroatoms. The number of rotatable bonds is 7. The predicted octanol–water partition coefficient (Wildman–Crippen LogP) is 2.27. The summed E-state index contributed by atoms with van der Waals surface area (Å²) in [6.07, 6.45) is 5.57. The SMILES string of the molecule is CC(C)CC(NS(=O)(=O)c1ccc2c(c1)oc(=O)n2C)C(=O)NC1CCCCC1. The Balaban J connectivity index is 1.81. The quantitative estimate of drug-likeness (QED) is 0.710. The van der Waals surface area contributed by atoms with Gasteiger partial charge in [0.25, 0.3) is 0 Å². The molecule has 160 valence electrons. The summed E-state index contributed by atoms with van der Waals surface area (Å²) in [6.45, 7) is 3.89. The molecule has 1 atom stereocenters. The lowest BCUT2D eigenvalue weighted by Gasteiger charge is -2.26. The van der Waals surface area contributed by atoms with Crippen molar-refractivity contribution in [1.82, 2.24) is 14.6 Å². The van der Waals surface area contributed by atoms with Gasteiger partial charge in [-0.3, -0.25) is 9.36 Å². The van der Waals surface area contributed by atoms with E-state index < -0.39 is 21.8 Å². The fourth-order valence-corrected chi connectivity index (χ4v) is 4.99. The third-order valence-corrected chi connectivity index (χ3v) is 6.82. The zero-order valence-corrected chi connectivity index (χ0v) is 17.9. The van der Waals surface area contributed by atoms with Gasteiger partial charge in [0.1, 0.15) is 6.04 Å². The molecule has 1 aliphatic rings. The number of fused-ring (bicyclic) bond motifs is 1. The Bertz CT molecular complexity index is 1030. The van der Waals surface area contributed by atoms with Crippen LogP contribution in [0.3, 0.4) is 0 Å². The van der Waals surface area contributed by atoms with Crippen molar-refractivity contribution in [2.45, 2.75) is 69.4 Å². The fraction of sp³-hybridized carbons (Fsp3) is 0.600. The number of aromatic nitrogens is 1. The van der Waals surface area contributed by atoms with E-state index in [1.54, 1.807) is 7.05 Å². The first-order valence-corrected chi connectivity index (χ1v) is 11.6. The Morgan fingerprint density at radius 2 is 1.93 bits per heavy atom. The fourth-order valence-electron chi connectivity index (χ4n) is 3.77. The Labute approximate surface area is 170 Å². The van der Waals surface area contributed by atoms with Crippen molar-refractivity contribution in [3.8, 4) is 0 Å². The maximum absolute atomic E-state index is 12.9. The van der Waals surface area contributed by atoms with Gasteiger partial charge in [-0.2, -0.15) is 4.72 Å². The molecule has 1 amide bonds. The molecule has 1 aromatic carbocycles. The summed E-state index contributed by atoms with van der Waals surface area (Å²) in [5, 5.41) is 3.01. The van der Waals surface area contributed by atoms with Crippen LogP contribution in [0.1, 0.15) is 52.4 Å². The standard InChI is InChI=1S/C20H29N3O5S/c1-13(2)11-16(19(24)21-14-7-5-4-6-8-14)22-29(26,27)15-9-10-17-18(12-15)28-20(25)23(17)3/h9-10,12-14,16,22H,4-8,11H2,1-3H3,(H,21,24). The topological polar surface area (TPSA) is 110 Å². The van der Waals surface area contributed by atoms with Gasteiger partial charge in [0.2, 0.25) is 15.9 Å². The average molecular weight is 424 g/mol. The minimum absolute atomic E-state index is 0.0430. The molecular formula is C20H29N3O5S. The van der Waals surface area contributed by atoms with Crippen LogP contribution in [-0.4, -0.2) is 31.0 Å². The van der Waals surface area contributed by atoms with E-state index in [1.165, 1.54) is 29.2 Å². The van der Waals surface area contributed by atoms with Gasteiger partial charge in [-0.15, -0.1) is 0 Å². The molecule has 8 nitrogen and oxygen atoms in total. The summed E-state index contributed by atoms with van der Waals surface area (Å²) in [7, 11) is -2.42. The number of aryl methyl sites for hydroxylation is 1. The van der Waals surface area contributed by atoms with Crippen LogP contribution in [0.15, 0.2) is 32.3 Å². The normalized spacial score (nSPS) is 17.0. The molecule has 1 saturated carbocycles. The Hall–Kier alpha value is -2.13. The number of nitrogens with zero attached hydrogens (tertiary/aromatic N) is 1. The molecule has 2 aromatic rings. The summed E-state index contributed by atoms with van der Waals surface area (Å²) in [5.41, 5.74) is 0.690. The monoisotopic (exact) mass is 423 g/mol. The number of carbonyl (C=O) groups is 1. The van der Waals surface area contributed by atoms with Crippen molar-refractivity contribution >= 4 is 27.0 Å². The summed E-state index contributed by atoms with van der Waals surface area (Å²) in [6, 6.07) is 3.48. The minimum atomic E-state index is -3.97. The van der Waals surface area contributed by atoms with E-state index in [0.29, 0.717) is 11.9 Å². The first-order chi connectivity index (χ1) is 13.7. The molecule has 1 aromatic heterocycles. The maximum Gasteiger partial charge on any atom is 0.419 e. The van der Waals surface area contributed by atoms with Gasteiger partial charge >= 0.3 is 5.76 Å². The molecule has 0 saturated heterocycles. The molecule has 0 radical (unpaired) electrons. The first kappa shape index (κ1) is 21.6. The molecule has 1 fully saturated rings. The zero-order chi connectivity index (χ0) is 21.2. The third kappa shape index (κ3) is 5.08. The molecule has 0 aliphatic heterocycles. The predicted molar refractivity (Wildman–Crippen MR) is 110 cm³/mol. The van der Waals surface area contributed by atoms with Gasteiger partial charge in [-0.05, 0) is 37.3 Å². The zero-order valence-electron chi connectivity index (χ0n) is 17.1. The highest BCUT2D eigenvalue weighted by Crippen LogP contribution is 2.20. The highest BCUT2D eigenvalue weighted by molar-refractivity contribution is 7.89. The molecule has 0 bridgehead atoms. The van der Waals surface area contributed by atoms with Gasteiger partial charge < -0.3 is 9.73 Å². The highest BCUT2D eigenvalue weighted by atomic mass is 32.2. The van der Waals surface area contributed by atoms with Crippen molar-refractivity contribution in [2.75, 3.05) is 0 Å². The van der Waals surface area contributed by atoms with Crippen LogP contribution >= 0.6 is 0 Å². The molecule has 29 heavy (non-hydrogen) atoms. The molecule has 1 aliphatic carbocycles. The molecule has 1 heterocycles. The van der Waals surface area contributed by atoms with E-state index in [9.17, 15) is 18.0 Å². The van der Waals surface area contributed by atoms with Crippen LogP contribution in [0.25, 0.3) is 11.1 Å². The van der Waals surface area contributed by atoms with Crippen LogP contribution in [0.2, 0.25) is 0 Å². The van der Waals surface area contributed by atoms with Crippen LogP contribution in [-0.2, 0) is 21.9 Å². The number of oxazole rings is 1. The Morgan fingerprint density at radius 1 is 1.24 bits per heavy atom. The van der Waals surface area contributed by atoms with E-state index >= 15 is 0 Å². The lowest BCUT2D eigenvalue weighted by atomic mass is 9.95. The van der Waals surface area contributed by atoms with Crippen LogP contribution in [0, 0.1) is 5.92 Å². The van der Waals surface area contributed by atoms with Crippen molar-refractivity contribution in [3.05, 3.63) is 28.7 Å². The van der Waals surface area contributed by atoms with Crippen LogP contribution < -0.4 is 15.8 Å². The molecule has 2 N–H and O–H groups in total. The smallest absolute Gasteiger partial charge is 0.408 e.